The van der Waals surface area contributed by atoms with Crippen molar-refractivity contribution in [3.63, 3.8) is 0 Å². The quantitative estimate of drug-likeness (QED) is 0.675. The lowest BCUT2D eigenvalue weighted by atomic mass is 10.0. The Morgan fingerprint density at radius 2 is 1.75 bits per heavy atom. The lowest BCUT2D eigenvalue weighted by Gasteiger charge is -2.05. The van der Waals surface area contributed by atoms with E-state index in [4.69, 9.17) is 0 Å². The maximum absolute atomic E-state index is 12.3. The summed E-state index contributed by atoms with van der Waals surface area (Å²) in [5.41, 5.74) is 6.55. The summed E-state index contributed by atoms with van der Waals surface area (Å²) in [6.45, 7) is 8.51. The molecule has 0 bridgehead atoms. The minimum atomic E-state index is 0. The Labute approximate surface area is 156 Å². The summed E-state index contributed by atoms with van der Waals surface area (Å²) in [6.07, 6.45) is 0. The zero-order chi connectivity index (χ0) is 16.6. The number of carbonyl (C=O) groups is 1. The Hall–Kier alpha value is -1.72. The van der Waals surface area contributed by atoms with E-state index in [1.54, 1.807) is 11.3 Å². The van der Waals surface area contributed by atoms with Gasteiger partial charge in [0.05, 0.1) is 16.8 Å². The number of carbonyl (C=O) groups excluding carboxylic acids is 1. The van der Waals surface area contributed by atoms with Crippen LogP contribution in [0.3, 0.4) is 0 Å². The number of aromatic nitrogens is 1. The number of halogens is 1. The number of thiazole rings is 1. The number of aryl methyl sites for hydroxylation is 4. The van der Waals surface area contributed by atoms with Crippen molar-refractivity contribution in [2.24, 2.45) is 0 Å². The van der Waals surface area contributed by atoms with Gasteiger partial charge in [-0.15, -0.1) is 0 Å². The zero-order valence-electron chi connectivity index (χ0n) is 14.2. The molecule has 0 unspecified atom stereocenters. The van der Waals surface area contributed by atoms with Crippen LogP contribution in [-0.2, 0) is 0 Å². The molecule has 0 aliphatic heterocycles. The Morgan fingerprint density at radius 1 is 1.04 bits per heavy atom. The van der Waals surface area contributed by atoms with Crippen LogP contribution in [0.4, 0.5) is 5.13 Å². The van der Waals surface area contributed by atoms with Crippen LogP contribution in [0.25, 0.3) is 10.2 Å². The molecule has 1 aromatic heterocycles. The summed E-state index contributed by atoms with van der Waals surface area (Å²) in [6, 6.07) is 10.0. The zero-order valence-corrected chi connectivity index (χ0v) is 16.6. The number of hydrogen-bond acceptors (Lipinski definition) is 4. The second-order valence-corrected chi connectivity index (χ2v) is 6.98. The molecule has 3 nitrogen and oxygen atoms in total. The van der Waals surface area contributed by atoms with Crippen molar-refractivity contribution >= 4 is 32.5 Å². The van der Waals surface area contributed by atoms with Gasteiger partial charge in [-0.3, -0.25) is 4.79 Å². The summed E-state index contributed by atoms with van der Waals surface area (Å²) in [4.78, 5) is 17.0. The van der Waals surface area contributed by atoms with Crippen LogP contribution < -0.4 is 22.3 Å². The molecule has 0 fully saturated rings. The van der Waals surface area contributed by atoms with Gasteiger partial charge < -0.3 is 22.3 Å². The third kappa shape index (κ3) is 3.68. The van der Waals surface area contributed by atoms with Gasteiger partial charge in [0.1, 0.15) is 0 Å². The summed E-state index contributed by atoms with van der Waals surface area (Å²) in [7, 11) is 0. The number of nitrogens with one attached hydrogen (secondary N) is 1. The molecule has 0 amide bonds. The van der Waals surface area contributed by atoms with E-state index in [-0.39, 0.29) is 29.3 Å². The molecule has 2 aromatic carbocycles. The maximum Gasteiger partial charge on any atom is 0.184 e. The molecule has 24 heavy (non-hydrogen) atoms. The fraction of sp³-hybridized carbons (Fsp3) is 0.263. The number of Topliss-reactive ketones (excluding diaryl/α,β-unsaturated/α-hetero) is 1. The van der Waals surface area contributed by atoms with Crippen LogP contribution in [-0.4, -0.2) is 17.3 Å². The molecule has 3 rings (SSSR count). The van der Waals surface area contributed by atoms with E-state index in [0.717, 1.165) is 26.5 Å². The van der Waals surface area contributed by atoms with E-state index in [2.05, 4.69) is 36.3 Å². The molecule has 0 atom stereocenters. The first-order valence-electron chi connectivity index (χ1n) is 7.67. The molecule has 0 saturated heterocycles. The van der Waals surface area contributed by atoms with Gasteiger partial charge in [0, 0.05) is 5.56 Å². The minimum Gasteiger partial charge on any atom is -1.00 e. The van der Waals surface area contributed by atoms with Crippen LogP contribution in [0, 0.1) is 27.7 Å². The maximum atomic E-state index is 12.3. The lowest BCUT2D eigenvalue weighted by molar-refractivity contribution is -0.0000125. The van der Waals surface area contributed by atoms with Gasteiger partial charge in [-0.1, -0.05) is 29.5 Å². The smallest absolute Gasteiger partial charge is 0.184 e. The van der Waals surface area contributed by atoms with E-state index >= 15 is 0 Å². The molecule has 0 radical (unpaired) electrons. The second-order valence-electron chi connectivity index (χ2n) is 5.95. The lowest BCUT2D eigenvalue weighted by Crippen LogP contribution is -3.00. The van der Waals surface area contributed by atoms with Gasteiger partial charge in [0.15, 0.2) is 10.9 Å². The largest absolute Gasteiger partial charge is 1.00 e. The molecule has 0 aliphatic rings. The highest BCUT2D eigenvalue weighted by atomic mass is 79.9. The van der Waals surface area contributed by atoms with Crippen molar-refractivity contribution in [2.45, 2.75) is 27.7 Å². The van der Waals surface area contributed by atoms with Gasteiger partial charge in [0.25, 0.3) is 0 Å². The number of anilines is 1. The van der Waals surface area contributed by atoms with Crippen LogP contribution in [0.2, 0.25) is 0 Å². The first-order chi connectivity index (χ1) is 11.0. The molecular weight excluding hydrogens is 384 g/mol. The Balaban J connectivity index is 0.00000208. The standard InChI is InChI=1S/C19H20N2OS.BrH/c1-11-5-7-15(9-13(11)3)16(22)10-20-19-21-18-14(4)12(2)6-8-17(18)23-19;/h5-9H,10H2,1-4H3,(H,20,21);1H/p-1. The summed E-state index contributed by atoms with van der Waals surface area (Å²) in [5.74, 6) is 0.0836. The van der Waals surface area contributed by atoms with Crippen LogP contribution in [0.5, 0.6) is 0 Å². The SMILES string of the molecule is Cc1ccc(C(=O)CNc2nc3c(C)c(C)ccc3s2)cc1C.[Br-]. The van der Waals surface area contributed by atoms with Gasteiger partial charge in [-0.2, -0.15) is 0 Å². The molecule has 0 saturated carbocycles. The molecule has 0 spiro atoms. The molecule has 126 valence electrons. The van der Waals surface area contributed by atoms with Gasteiger partial charge in [-0.25, -0.2) is 4.98 Å². The van der Waals surface area contributed by atoms with Gasteiger partial charge in [0.2, 0.25) is 0 Å². The summed E-state index contributed by atoms with van der Waals surface area (Å²) < 4.78 is 1.15. The predicted molar refractivity (Wildman–Crippen MR) is 97.8 cm³/mol. The highest BCUT2D eigenvalue weighted by molar-refractivity contribution is 7.22. The monoisotopic (exact) mass is 403 g/mol. The van der Waals surface area contributed by atoms with Crippen LogP contribution in [0.15, 0.2) is 30.3 Å². The van der Waals surface area contributed by atoms with Crippen molar-refractivity contribution in [1.29, 1.82) is 0 Å². The molecule has 3 aromatic rings. The first-order valence-corrected chi connectivity index (χ1v) is 8.48. The summed E-state index contributed by atoms with van der Waals surface area (Å²) >= 11 is 1.59. The molecule has 1 N–H and O–H groups in total. The molecule has 1 heterocycles. The average Bonchev–Trinajstić information content (AvgIpc) is 2.95. The van der Waals surface area contributed by atoms with Crippen LogP contribution >= 0.6 is 11.3 Å². The van der Waals surface area contributed by atoms with E-state index in [9.17, 15) is 4.79 Å². The number of ketones is 1. The van der Waals surface area contributed by atoms with Crippen molar-refractivity contribution in [3.05, 3.63) is 58.1 Å². The van der Waals surface area contributed by atoms with E-state index in [0.29, 0.717) is 0 Å². The predicted octanol–water partition coefficient (Wildman–Crippen LogP) is 1.83. The number of nitrogens with zero attached hydrogens (tertiary/aromatic N) is 1. The fourth-order valence-electron chi connectivity index (χ4n) is 2.47. The Bertz CT molecular complexity index is 902. The number of fused-ring (bicyclic) bond motifs is 1. The normalized spacial score (nSPS) is 10.5. The topological polar surface area (TPSA) is 42.0 Å². The Morgan fingerprint density at radius 3 is 2.46 bits per heavy atom. The minimum absolute atomic E-state index is 0. The van der Waals surface area contributed by atoms with E-state index in [1.807, 2.05) is 32.0 Å². The Kier molecular flexibility index (Phi) is 5.78. The third-order valence-corrected chi connectivity index (χ3v) is 5.29. The summed E-state index contributed by atoms with van der Waals surface area (Å²) in [5, 5.41) is 3.97. The molecule has 5 heteroatoms. The molecule has 0 aliphatic carbocycles. The fourth-order valence-corrected chi connectivity index (χ4v) is 3.40. The van der Waals surface area contributed by atoms with Crippen LogP contribution in [0.1, 0.15) is 32.6 Å². The average molecular weight is 404 g/mol. The van der Waals surface area contributed by atoms with Crippen molar-refractivity contribution in [1.82, 2.24) is 4.98 Å². The first kappa shape index (κ1) is 18.6. The second kappa shape index (κ2) is 7.45. The number of rotatable bonds is 4. The highest BCUT2D eigenvalue weighted by Crippen LogP contribution is 2.29. The van der Waals surface area contributed by atoms with E-state index in [1.165, 1.54) is 16.7 Å². The van der Waals surface area contributed by atoms with Gasteiger partial charge >= 0.3 is 0 Å². The third-order valence-electron chi connectivity index (χ3n) is 4.31. The molecular formula is C19H20BrN2OS-. The van der Waals surface area contributed by atoms with Gasteiger partial charge in [-0.05, 0) is 62.1 Å². The number of hydrogen-bond donors (Lipinski definition) is 1. The van der Waals surface area contributed by atoms with Crippen molar-refractivity contribution in [2.75, 3.05) is 11.9 Å². The van der Waals surface area contributed by atoms with Crippen molar-refractivity contribution in [3.8, 4) is 0 Å². The van der Waals surface area contributed by atoms with Crippen molar-refractivity contribution < 1.29 is 21.8 Å². The van der Waals surface area contributed by atoms with E-state index < -0.39 is 0 Å². The number of benzene rings is 2. The highest BCUT2D eigenvalue weighted by Gasteiger charge is 2.10.